The van der Waals surface area contributed by atoms with E-state index in [-0.39, 0.29) is 43.0 Å². The third-order valence-corrected chi connectivity index (χ3v) is 9.04. The molecule has 2 saturated heterocycles. The Balaban J connectivity index is 0.898. The van der Waals surface area contributed by atoms with Crippen molar-refractivity contribution in [1.29, 1.82) is 0 Å². The fraction of sp³-hybridized carbons (Fsp3) is 0.400. The minimum atomic E-state index is -0.793. The van der Waals surface area contributed by atoms with Crippen LogP contribution in [0.3, 0.4) is 0 Å². The monoisotopic (exact) mass is 654 g/mol. The second-order valence-corrected chi connectivity index (χ2v) is 13.5. The largest absolute Gasteiger partial charge is 0.491 e. The van der Waals surface area contributed by atoms with Crippen LogP contribution in [0.2, 0.25) is 0 Å². The highest BCUT2D eigenvalue weighted by Crippen LogP contribution is 2.35. The van der Waals surface area contributed by atoms with Gasteiger partial charge in [0.1, 0.15) is 61.1 Å². The summed E-state index contributed by atoms with van der Waals surface area (Å²) in [4.78, 5) is 0. The zero-order chi connectivity index (χ0) is 33.6. The van der Waals surface area contributed by atoms with Crippen LogP contribution in [-0.4, -0.2) is 69.9 Å². The molecule has 254 valence electrons. The molecule has 0 bridgehead atoms. The summed E-state index contributed by atoms with van der Waals surface area (Å²) >= 11 is 0. The summed E-state index contributed by atoms with van der Waals surface area (Å²) in [6, 6.07) is 32.5. The molecule has 8 nitrogen and oxygen atoms in total. The smallest absolute Gasteiger partial charge is 0.189 e. The van der Waals surface area contributed by atoms with Crippen LogP contribution >= 0.6 is 0 Å². The number of ether oxygens (including phenoxy) is 7. The average Bonchev–Trinajstić information content (AvgIpc) is 4.05. The van der Waals surface area contributed by atoms with Crippen molar-refractivity contribution in [3.05, 3.63) is 119 Å². The Labute approximate surface area is 283 Å². The lowest BCUT2D eigenvalue weighted by Crippen LogP contribution is -2.24. The Morgan fingerprint density at radius 3 is 1.23 bits per heavy atom. The summed E-state index contributed by atoms with van der Waals surface area (Å²) in [6.07, 6.45) is -0.315. The molecule has 3 unspecified atom stereocenters. The van der Waals surface area contributed by atoms with Crippen molar-refractivity contribution in [3.63, 3.8) is 0 Å². The number of rotatable bonds is 18. The van der Waals surface area contributed by atoms with Crippen LogP contribution in [0.5, 0.6) is 23.0 Å². The standard InChI is InChI=1S/C40H46O8/c1-39(2,29-7-15-34(16-8-29)44-23-37-25-46-37)28-5-13-33(14-6-28)43-22-32(41)21-42-27-48-36-19-11-31(12-20-36)40(3,4)30-9-17-35(18-10-30)45-24-38-26-47-38/h5-20,32,37-38,41H,21-27H2,1-4H3. The maximum atomic E-state index is 10.4. The van der Waals surface area contributed by atoms with Crippen molar-refractivity contribution >= 4 is 0 Å². The van der Waals surface area contributed by atoms with Gasteiger partial charge in [-0.05, 0) is 70.8 Å². The van der Waals surface area contributed by atoms with Gasteiger partial charge in [-0.15, -0.1) is 0 Å². The molecule has 2 heterocycles. The van der Waals surface area contributed by atoms with E-state index in [0.29, 0.717) is 24.7 Å². The van der Waals surface area contributed by atoms with E-state index >= 15 is 0 Å². The predicted molar refractivity (Wildman–Crippen MR) is 183 cm³/mol. The van der Waals surface area contributed by atoms with Gasteiger partial charge in [-0.3, -0.25) is 0 Å². The van der Waals surface area contributed by atoms with Gasteiger partial charge in [0.05, 0.1) is 19.8 Å². The molecule has 4 aromatic carbocycles. The third-order valence-electron chi connectivity index (χ3n) is 9.04. The summed E-state index contributed by atoms with van der Waals surface area (Å²) in [6.45, 7) is 11.8. The summed E-state index contributed by atoms with van der Waals surface area (Å²) in [5.41, 5.74) is 4.31. The number of epoxide rings is 2. The van der Waals surface area contributed by atoms with Crippen LogP contribution in [0.4, 0.5) is 0 Å². The lowest BCUT2D eigenvalue weighted by atomic mass is 9.78. The van der Waals surface area contributed by atoms with E-state index in [9.17, 15) is 5.11 Å². The predicted octanol–water partition coefficient (Wildman–Crippen LogP) is 6.69. The quantitative estimate of drug-likeness (QED) is 0.0722. The molecule has 0 spiro atoms. The van der Waals surface area contributed by atoms with Crippen molar-refractivity contribution in [2.24, 2.45) is 0 Å². The van der Waals surface area contributed by atoms with Gasteiger partial charge in [-0.25, -0.2) is 0 Å². The Hall–Kier alpha value is -4.08. The Bertz CT molecular complexity index is 1570. The van der Waals surface area contributed by atoms with Crippen LogP contribution in [-0.2, 0) is 25.0 Å². The van der Waals surface area contributed by atoms with Crippen molar-refractivity contribution < 1.29 is 38.3 Å². The molecule has 8 heteroatoms. The first-order valence-electron chi connectivity index (χ1n) is 16.6. The summed E-state index contributed by atoms with van der Waals surface area (Å²) in [5.74, 6) is 3.08. The van der Waals surface area contributed by atoms with Crippen LogP contribution in [0, 0.1) is 0 Å². The lowest BCUT2D eigenvalue weighted by Gasteiger charge is -2.26. The molecular weight excluding hydrogens is 608 g/mol. The number of aliphatic hydroxyl groups is 1. The molecule has 0 saturated carbocycles. The minimum Gasteiger partial charge on any atom is -0.491 e. The van der Waals surface area contributed by atoms with Crippen molar-refractivity contribution in [2.45, 2.75) is 56.8 Å². The van der Waals surface area contributed by atoms with Crippen molar-refractivity contribution in [2.75, 3.05) is 46.4 Å². The number of aliphatic hydroxyl groups excluding tert-OH is 1. The maximum Gasteiger partial charge on any atom is 0.189 e. The summed E-state index contributed by atoms with van der Waals surface area (Å²) in [5, 5.41) is 10.4. The molecule has 0 amide bonds. The van der Waals surface area contributed by atoms with Crippen LogP contribution in [0.1, 0.15) is 49.9 Å². The molecule has 2 fully saturated rings. The lowest BCUT2D eigenvalue weighted by molar-refractivity contribution is -0.0405. The second-order valence-electron chi connectivity index (χ2n) is 13.5. The first kappa shape index (κ1) is 33.8. The highest BCUT2D eigenvalue weighted by Gasteiger charge is 2.26. The topological polar surface area (TPSA) is 91.4 Å². The maximum absolute atomic E-state index is 10.4. The summed E-state index contributed by atoms with van der Waals surface area (Å²) in [7, 11) is 0. The van der Waals surface area contributed by atoms with Crippen molar-refractivity contribution in [3.8, 4) is 23.0 Å². The molecule has 3 atom stereocenters. The van der Waals surface area contributed by atoms with Gasteiger partial charge in [0.15, 0.2) is 6.79 Å². The summed E-state index contributed by atoms with van der Waals surface area (Å²) < 4.78 is 39.1. The average molecular weight is 655 g/mol. The van der Waals surface area contributed by atoms with E-state index in [1.54, 1.807) is 0 Å². The molecule has 1 N–H and O–H groups in total. The fourth-order valence-corrected chi connectivity index (χ4v) is 5.45. The van der Waals surface area contributed by atoms with E-state index in [4.69, 9.17) is 33.2 Å². The number of hydrogen-bond acceptors (Lipinski definition) is 8. The zero-order valence-electron chi connectivity index (χ0n) is 28.2. The fourth-order valence-electron chi connectivity index (χ4n) is 5.45. The minimum absolute atomic E-state index is 0.0268. The normalized spacial score (nSPS) is 17.8. The number of hydrogen-bond donors (Lipinski definition) is 1. The van der Waals surface area contributed by atoms with Crippen LogP contribution in [0.25, 0.3) is 0 Å². The van der Waals surface area contributed by atoms with E-state index in [1.165, 1.54) is 16.7 Å². The van der Waals surface area contributed by atoms with Crippen LogP contribution < -0.4 is 18.9 Å². The number of benzene rings is 4. The van der Waals surface area contributed by atoms with Crippen molar-refractivity contribution in [1.82, 2.24) is 0 Å². The van der Waals surface area contributed by atoms with Gasteiger partial charge >= 0.3 is 0 Å². The SMILES string of the molecule is CC(C)(c1ccc(OCOCC(O)COc2ccc(C(C)(C)c3ccc(OCC4CO4)cc3)cc2)cc1)c1ccc(OCC2CO2)cc1. The molecule has 2 aliphatic heterocycles. The van der Waals surface area contributed by atoms with Crippen LogP contribution in [0.15, 0.2) is 97.1 Å². The van der Waals surface area contributed by atoms with E-state index < -0.39 is 6.10 Å². The third kappa shape index (κ3) is 9.08. The highest BCUT2D eigenvalue weighted by molar-refractivity contribution is 5.43. The van der Waals surface area contributed by atoms with Gasteiger partial charge in [0.2, 0.25) is 0 Å². The van der Waals surface area contributed by atoms with Gasteiger partial charge in [0.25, 0.3) is 0 Å². The van der Waals surface area contributed by atoms with Gasteiger partial charge in [0, 0.05) is 10.8 Å². The van der Waals surface area contributed by atoms with Gasteiger partial charge in [-0.1, -0.05) is 76.2 Å². The molecule has 0 aromatic heterocycles. The molecule has 0 aliphatic carbocycles. The molecule has 48 heavy (non-hydrogen) atoms. The Kier molecular flexibility index (Phi) is 10.6. The Morgan fingerprint density at radius 1 is 0.542 bits per heavy atom. The second kappa shape index (κ2) is 15.0. The first-order chi connectivity index (χ1) is 23.2. The molecule has 0 radical (unpaired) electrons. The van der Waals surface area contributed by atoms with E-state index in [2.05, 4.69) is 76.2 Å². The first-order valence-corrected chi connectivity index (χ1v) is 16.6. The van der Waals surface area contributed by atoms with Gasteiger partial charge < -0.3 is 38.3 Å². The highest BCUT2D eigenvalue weighted by atomic mass is 16.7. The Morgan fingerprint density at radius 2 is 0.875 bits per heavy atom. The molecule has 6 rings (SSSR count). The molecule has 2 aliphatic rings. The van der Waals surface area contributed by atoms with E-state index in [0.717, 1.165) is 30.3 Å². The zero-order valence-corrected chi connectivity index (χ0v) is 28.2. The molecule has 4 aromatic rings. The van der Waals surface area contributed by atoms with Gasteiger partial charge in [-0.2, -0.15) is 0 Å². The van der Waals surface area contributed by atoms with E-state index in [1.807, 2.05) is 48.5 Å². The molecular formula is C40H46O8.